The van der Waals surface area contributed by atoms with Crippen molar-refractivity contribution in [2.75, 3.05) is 7.11 Å². The van der Waals surface area contributed by atoms with Gasteiger partial charge in [0, 0.05) is 24.2 Å². The van der Waals surface area contributed by atoms with Gasteiger partial charge in [0.25, 0.3) is 0 Å². The van der Waals surface area contributed by atoms with Crippen LogP contribution < -0.4 is 10.5 Å². The van der Waals surface area contributed by atoms with E-state index in [1.165, 1.54) is 31.6 Å². The summed E-state index contributed by atoms with van der Waals surface area (Å²) >= 11 is 0. The van der Waals surface area contributed by atoms with Crippen molar-refractivity contribution >= 4 is 0 Å². The van der Waals surface area contributed by atoms with Gasteiger partial charge < -0.3 is 10.5 Å². The quantitative estimate of drug-likeness (QED) is 0.942. The van der Waals surface area contributed by atoms with Crippen LogP contribution in [0.1, 0.15) is 22.9 Å². The number of rotatable bonds is 4. The van der Waals surface area contributed by atoms with Crippen LogP contribution in [0.15, 0.2) is 36.7 Å². The van der Waals surface area contributed by atoms with E-state index in [-0.39, 0.29) is 12.0 Å². The minimum absolute atomic E-state index is 0.0441. The molecule has 0 radical (unpaired) electrons. The molecule has 4 nitrogen and oxygen atoms in total. The van der Waals surface area contributed by atoms with Crippen molar-refractivity contribution in [2.24, 2.45) is 5.73 Å². The third-order valence-electron chi connectivity index (χ3n) is 3.00. The van der Waals surface area contributed by atoms with E-state index in [4.69, 9.17) is 10.5 Å². The number of alkyl halides is 3. The summed E-state index contributed by atoms with van der Waals surface area (Å²) in [5, 5.41) is 0. The van der Waals surface area contributed by atoms with E-state index in [9.17, 15) is 13.2 Å². The number of nitrogens with two attached hydrogens (primary N) is 1. The number of nitrogens with zero attached hydrogens (tertiary/aromatic N) is 2. The largest absolute Gasteiger partial charge is 0.481 e. The molecule has 1 atom stereocenters. The highest BCUT2D eigenvalue weighted by Crippen LogP contribution is 2.34. The molecule has 1 unspecified atom stereocenters. The highest BCUT2D eigenvalue weighted by Gasteiger charge is 2.34. The predicted molar refractivity (Wildman–Crippen MR) is 70.7 cm³/mol. The molecule has 7 heteroatoms. The highest BCUT2D eigenvalue weighted by atomic mass is 19.4. The van der Waals surface area contributed by atoms with Crippen LogP contribution >= 0.6 is 0 Å². The molecule has 112 valence electrons. The first-order valence-electron chi connectivity index (χ1n) is 6.18. The van der Waals surface area contributed by atoms with Gasteiger partial charge in [-0.15, -0.1) is 0 Å². The molecule has 21 heavy (non-hydrogen) atoms. The minimum atomic E-state index is -4.43. The van der Waals surface area contributed by atoms with E-state index in [0.717, 1.165) is 6.07 Å². The maximum Gasteiger partial charge on any atom is 0.416 e. The Morgan fingerprint density at radius 2 is 1.95 bits per heavy atom. The molecule has 0 amide bonds. The van der Waals surface area contributed by atoms with Gasteiger partial charge in [-0.25, -0.2) is 9.97 Å². The lowest BCUT2D eigenvalue weighted by molar-refractivity contribution is -0.138. The maximum atomic E-state index is 13.0. The molecule has 2 rings (SSSR count). The molecular formula is C14H14F3N3O. The zero-order chi connectivity index (χ0) is 15.5. The van der Waals surface area contributed by atoms with Gasteiger partial charge in [0.05, 0.1) is 12.7 Å². The first-order chi connectivity index (χ1) is 9.91. The number of hydrogen-bond donors (Lipinski definition) is 1. The molecule has 1 aromatic heterocycles. The van der Waals surface area contributed by atoms with Crippen molar-refractivity contribution in [3.8, 4) is 5.88 Å². The van der Waals surface area contributed by atoms with E-state index >= 15 is 0 Å². The van der Waals surface area contributed by atoms with E-state index in [2.05, 4.69) is 9.97 Å². The van der Waals surface area contributed by atoms with Crippen LogP contribution in [0.3, 0.4) is 0 Å². The van der Waals surface area contributed by atoms with Gasteiger partial charge in [-0.3, -0.25) is 0 Å². The molecule has 0 spiro atoms. The summed E-state index contributed by atoms with van der Waals surface area (Å²) < 4.78 is 43.8. The average molecular weight is 297 g/mol. The molecule has 1 heterocycles. The van der Waals surface area contributed by atoms with Crippen LogP contribution in [0.2, 0.25) is 0 Å². The van der Waals surface area contributed by atoms with Gasteiger partial charge in [0.1, 0.15) is 6.33 Å². The van der Waals surface area contributed by atoms with E-state index < -0.39 is 17.8 Å². The summed E-state index contributed by atoms with van der Waals surface area (Å²) in [6.07, 6.45) is -2.99. The second kappa shape index (κ2) is 6.09. The zero-order valence-electron chi connectivity index (χ0n) is 11.3. The molecule has 0 aliphatic carbocycles. The Morgan fingerprint density at radius 3 is 2.62 bits per heavy atom. The fourth-order valence-corrected chi connectivity index (χ4v) is 2.01. The van der Waals surface area contributed by atoms with Crippen molar-refractivity contribution in [1.82, 2.24) is 9.97 Å². The van der Waals surface area contributed by atoms with Crippen LogP contribution in [-0.4, -0.2) is 17.1 Å². The lowest BCUT2D eigenvalue weighted by atomic mass is 9.97. The summed E-state index contributed by atoms with van der Waals surface area (Å²) in [6.45, 7) is 0. The van der Waals surface area contributed by atoms with Gasteiger partial charge in [0.15, 0.2) is 0 Å². The van der Waals surface area contributed by atoms with Crippen molar-refractivity contribution in [1.29, 1.82) is 0 Å². The molecule has 0 aliphatic rings. The van der Waals surface area contributed by atoms with Crippen LogP contribution in [0, 0.1) is 0 Å². The van der Waals surface area contributed by atoms with Gasteiger partial charge in [-0.1, -0.05) is 18.2 Å². The summed E-state index contributed by atoms with van der Waals surface area (Å²) in [5.74, 6) is 0.344. The van der Waals surface area contributed by atoms with E-state index in [1.807, 2.05) is 0 Å². The average Bonchev–Trinajstić information content (AvgIpc) is 2.46. The molecule has 0 bridgehead atoms. The van der Waals surface area contributed by atoms with Crippen LogP contribution in [-0.2, 0) is 12.6 Å². The molecule has 0 fully saturated rings. The second-order valence-corrected chi connectivity index (χ2v) is 4.45. The number of methoxy groups -OCH3 is 1. The normalized spacial score (nSPS) is 13.0. The maximum absolute atomic E-state index is 13.0. The molecule has 0 aliphatic heterocycles. The number of benzene rings is 1. The first-order valence-corrected chi connectivity index (χ1v) is 6.18. The predicted octanol–water partition coefficient (Wildman–Crippen LogP) is 2.75. The third kappa shape index (κ3) is 3.69. The van der Waals surface area contributed by atoms with Crippen molar-refractivity contribution < 1.29 is 17.9 Å². The Labute approximate surface area is 119 Å². The van der Waals surface area contributed by atoms with Gasteiger partial charge >= 0.3 is 6.18 Å². The van der Waals surface area contributed by atoms with Gasteiger partial charge in [-0.2, -0.15) is 13.2 Å². The Hall–Kier alpha value is -2.15. The van der Waals surface area contributed by atoms with Crippen LogP contribution in [0.4, 0.5) is 13.2 Å². The van der Waals surface area contributed by atoms with Crippen molar-refractivity contribution in [2.45, 2.75) is 18.6 Å². The minimum Gasteiger partial charge on any atom is -0.481 e. The Morgan fingerprint density at radius 1 is 1.24 bits per heavy atom. The summed E-state index contributed by atoms with van der Waals surface area (Å²) in [7, 11) is 1.45. The zero-order valence-corrected chi connectivity index (χ0v) is 11.3. The van der Waals surface area contributed by atoms with E-state index in [1.54, 1.807) is 6.07 Å². The number of aromatic nitrogens is 2. The van der Waals surface area contributed by atoms with Crippen molar-refractivity contribution in [3.05, 3.63) is 53.5 Å². The molecular weight excluding hydrogens is 283 g/mol. The van der Waals surface area contributed by atoms with Crippen molar-refractivity contribution in [3.63, 3.8) is 0 Å². The molecule has 2 N–H and O–H groups in total. The Bertz CT molecular complexity index is 616. The number of halogens is 3. The standard InChI is InChI=1S/C14H14F3N3O/c1-21-13-7-9(19-8-20-13)6-12(18)10-4-2-3-5-11(10)14(15,16)17/h2-5,7-8,12H,6,18H2,1H3. The topological polar surface area (TPSA) is 61.0 Å². The Kier molecular flexibility index (Phi) is 4.42. The number of hydrogen-bond acceptors (Lipinski definition) is 4. The first kappa shape index (κ1) is 15.2. The summed E-state index contributed by atoms with van der Waals surface area (Å²) in [5.41, 5.74) is 5.76. The monoisotopic (exact) mass is 297 g/mol. The summed E-state index contributed by atoms with van der Waals surface area (Å²) in [4.78, 5) is 7.83. The lowest BCUT2D eigenvalue weighted by Crippen LogP contribution is -2.19. The second-order valence-electron chi connectivity index (χ2n) is 4.45. The Balaban J connectivity index is 2.26. The molecule has 0 saturated heterocycles. The fourth-order valence-electron chi connectivity index (χ4n) is 2.01. The fraction of sp³-hybridized carbons (Fsp3) is 0.286. The van der Waals surface area contributed by atoms with E-state index in [0.29, 0.717) is 11.6 Å². The smallest absolute Gasteiger partial charge is 0.416 e. The van der Waals surface area contributed by atoms with Crippen LogP contribution in [0.25, 0.3) is 0 Å². The van der Waals surface area contributed by atoms with Gasteiger partial charge in [0.2, 0.25) is 5.88 Å². The molecule has 1 aromatic carbocycles. The number of ether oxygens (including phenoxy) is 1. The van der Waals surface area contributed by atoms with Gasteiger partial charge in [-0.05, 0) is 11.6 Å². The third-order valence-corrected chi connectivity index (χ3v) is 3.00. The highest BCUT2D eigenvalue weighted by molar-refractivity contribution is 5.33. The molecule has 0 saturated carbocycles. The molecule has 2 aromatic rings. The SMILES string of the molecule is COc1cc(CC(N)c2ccccc2C(F)(F)F)ncn1. The van der Waals surface area contributed by atoms with Crippen LogP contribution in [0.5, 0.6) is 5.88 Å². The summed E-state index contributed by atoms with van der Waals surface area (Å²) in [6, 6.07) is 6.01. The lowest BCUT2D eigenvalue weighted by Gasteiger charge is -2.18.